The monoisotopic (exact) mass is 436 g/mol. The summed E-state index contributed by atoms with van der Waals surface area (Å²) >= 11 is 0. The van der Waals surface area contributed by atoms with Crippen molar-refractivity contribution in [2.24, 2.45) is 0 Å². The molecule has 2 aliphatic rings. The maximum absolute atomic E-state index is 13.1. The zero-order valence-electron chi connectivity index (χ0n) is 17.6. The van der Waals surface area contributed by atoms with Crippen LogP contribution in [0.2, 0.25) is 0 Å². The van der Waals surface area contributed by atoms with Gasteiger partial charge in [0, 0.05) is 44.5 Å². The predicted molar refractivity (Wildman–Crippen MR) is 107 cm³/mol. The van der Waals surface area contributed by atoms with Crippen molar-refractivity contribution in [2.45, 2.75) is 56.8 Å². The molecule has 4 rings (SSSR count). The van der Waals surface area contributed by atoms with Crippen LogP contribution < -0.4 is 0 Å². The molecule has 0 radical (unpaired) electrons. The largest absolute Gasteiger partial charge is 0.390 e. The molecule has 168 valence electrons. The van der Waals surface area contributed by atoms with E-state index in [-0.39, 0.29) is 17.9 Å². The van der Waals surface area contributed by atoms with Gasteiger partial charge in [0.1, 0.15) is 5.82 Å². The van der Waals surface area contributed by atoms with Crippen LogP contribution >= 0.6 is 0 Å². The molecule has 7 nitrogen and oxygen atoms in total. The lowest BCUT2D eigenvalue weighted by molar-refractivity contribution is -0.138. The number of carbonyl (C=O) groups excluding carboxylic acids is 1. The molecule has 4 heterocycles. The summed E-state index contributed by atoms with van der Waals surface area (Å²) in [5.74, 6) is 0.953. The van der Waals surface area contributed by atoms with Crippen LogP contribution in [0.1, 0.15) is 54.1 Å². The molecule has 10 heteroatoms. The molecule has 2 aliphatic heterocycles. The molecular weight excluding hydrogens is 409 g/mol. The number of amides is 1. The van der Waals surface area contributed by atoms with Crippen molar-refractivity contribution in [1.29, 1.82) is 0 Å². The van der Waals surface area contributed by atoms with E-state index < -0.39 is 12.6 Å². The van der Waals surface area contributed by atoms with Crippen LogP contribution in [0.4, 0.5) is 13.2 Å². The zero-order valence-corrected chi connectivity index (χ0v) is 17.6. The first-order chi connectivity index (χ1) is 14.8. The minimum atomic E-state index is -4.13. The number of hydrogen-bond acceptors (Lipinski definition) is 5. The van der Waals surface area contributed by atoms with E-state index in [2.05, 4.69) is 15.2 Å². The van der Waals surface area contributed by atoms with Crippen LogP contribution in [-0.4, -0.2) is 68.3 Å². The van der Waals surface area contributed by atoms with Gasteiger partial charge in [-0.3, -0.25) is 9.78 Å². The summed E-state index contributed by atoms with van der Waals surface area (Å²) in [6.07, 6.45) is 1.82. The fourth-order valence-corrected chi connectivity index (χ4v) is 4.72. The van der Waals surface area contributed by atoms with E-state index in [1.807, 2.05) is 21.6 Å². The average Bonchev–Trinajstić information content (AvgIpc) is 3.19. The smallest absolute Gasteiger partial charge is 0.335 e. The lowest BCUT2D eigenvalue weighted by Gasteiger charge is -2.43. The molecule has 1 fully saturated rings. The molecule has 1 spiro atoms. The summed E-state index contributed by atoms with van der Waals surface area (Å²) in [5, 5.41) is 8.65. The number of halogens is 3. The van der Waals surface area contributed by atoms with Gasteiger partial charge in [-0.25, -0.2) is 0 Å². The van der Waals surface area contributed by atoms with E-state index in [9.17, 15) is 18.0 Å². The molecular formula is C21H27F3N6O. The van der Waals surface area contributed by atoms with Crippen molar-refractivity contribution >= 4 is 5.91 Å². The first-order valence-electron chi connectivity index (χ1n) is 10.6. The lowest BCUT2D eigenvalue weighted by Crippen LogP contribution is -2.46. The first-order valence-corrected chi connectivity index (χ1v) is 10.6. The summed E-state index contributed by atoms with van der Waals surface area (Å²) in [7, 11) is 1.73. The topological polar surface area (TPSA) is 67.2 Å². The maximum atomic E-state index is 13.1. The van der Waals surface area contributed by atoms with Crippen molar-refractivity contribution in [1.82, 2.24) is 29.5 Å². The van der Waals surface area contributed by atoms with Gasteiger partial charge in [0.25, 0.3) is 5.91 Å². The quantitative estimate of drug-likeness (QED) is 0.721. The molecule has 0 bridgehead atoms. The Kier molecular flexibility index (Phi) is 6.00. The van der Waals surface area contributed by atoms with Gasteiger partial charge in [0.05, 0.1) is 6.42 Å². The fraction of sp³-hybridized carbons (Fsp3) is 0.619. The third kappa shape index (κ3) is 4.73. The van der Waals surface area contributed by atoms with Crippen LogP contribution in [0.3, 0.4) is 0 Å². The minimum Gasteiger partial charge on any atom is -0.335 e. The van der Waals surface area contributed by atoms with Crippen LogP contribution in [0.5, 0.6) is 0 Å². The number of carbonyl (C=O) groups is 1. The summed E-state index contributed by atoms with van der Waals surface area (Å²) in [5.41, 5.74) is 0.722. The summed E-state index contributed by atoms with van der Waals surface area (Å²) in [4.78, 5) is 20.6. The second-order valence-corrected chi connectivity index (χ2v) is 8.61. The molecule has 2 aromatic rings. The van der Waals surface area contributed by atoms with Crippen LogP contribution in [0.25, 0.3) is 0 Å². The standard InChI is InChI=1S/C21H27F3N6O/c1-28(15-16-4-2-9-25-14-16)18(31)17-26-27-19-20(5-3-10-30(17)19)6-11-29(12-7-20)13-8-21(22,23)24/h2,4,9,14H,3,5-8,10-13,15H2,1H3. The number of alkyl halides is 3. The Hall–Kier alpha value is -2.49. The molecule has 0 aromatic carbocycles. The molecule has 0 atom stereocenters. The minimum absolute atomic E-state index is 0.0368. The van der Waals surface area contributed by atoms with E-state index in [0.29, 0.717) is 32.0 Å². The summed E-state index contributed by atoms with van der Waals surface area (Å²) < 4.78 is 39.6. The van der Waals surface area contributed by atoms with Crippen molar-refractivity contribution in [3.8, 4) is 0 Å². The van der Waals surface area contributed by atoms with E-state index >= 15 is 0 Å². The molecule has 31 heavy (non-hydrogen) atoms. The Labute approximate surface area is 179 Å². The van der Waals surface area contributed by atoms with E-state index in [4.69, 9.17) is 0 Å². The van der Waals surface area contributed by atoms with Crippen LogP contribution in [0.15, 0.2) is 24.5 Å². The molecule has 0 N–H and O–H groups in total. The number of pyridine rings is 1. The summed E-state index contributed by atoms with van der Waals surface area (Å²) in [6, 6.07) is 3.75. The van der Waals surface area contributed by atoms with Gasteiger partial charge < -0.3 is 14.4 Å². The van der Waals surface area contributed by atoms with Gasteiger partial charge in [-0.2, -0.15) is 13.2 Å². The van der Waals surface area contributed by atoms with Gasteiger partial charge in [0.15, 0.2) is 0 Å². The Morgan fingerprint density at radius 2 is 1.97 bits per heavy atom. The van der Waals surface area contributed by atoms with Gasteiger partial charge in [0.2, 0.25) is 5.82 Å². The number of hydrogen-bond donors (Lipinski definition) is 0. The highest BCUT2D eigenvalue weighted by atomic mass is 19.4. The molecule has 0 aliphatic carbocycles. The molecule has 1 amide bonds. The van der Waals surface area contributed by atoms with E-state index in [0.717, 1.165) is 37.1 Å². The number of likely N-dealkylation sites (tertiary alicyclic amines) is 1. The van der Waals surface area contributed by atoms with Gasteiger partial charge in [-0.05, 0) is 50.4 Å². The van der Waals surface area contributed by atoms with Crippen molar-refractivity contribution in [3.63, 3.8) is 0 Å². The number of rotatable bonds is 5. The molecule has 1 saturated heterocycles. The third-order valence-corrected chi connectivity index (χ3v) is 6.47. The first kappa shape index (κ1) is 21.7. The maximum Gasteiger partial charge on any atom is 0.390 e. The predicted octanol–water partition coefficient (Wildman–Crippen LogP) is 3.03. The highest BCUT2D eigenvalue weighted by Crippen LogP contribution is 2.42. The van der Waals surface area contributed by atoms with Gasteiger partial charge in [-0.15, -0.1) is 10.2 Å². The number of aromatic nitrogens is 4. The second kappa shape index (κ2) is 8.57. The molecule has 2 aromatic heterocycles. The zero-order chi connectivity index (χ0) is 22.1. The normalized spacial score (nSPS) is 18.7. The SMILES string of the molecule is CN(Cc1cccnc1)C(=O)c1nnc2n1CCCC21CCN(CCC(F)(F)F)CC1. The number of nitrogens with zero attached hydrogens (tertiary/aromatic N) is 6. The number of fused-ring (bicyclic) bond motifs is 2. The van der Waals surface area contributed by atoms with Crippen molar-refractivity contribution in [2.75, 3.05) is 26.7 Å². The van der Waals surface area contributed by atoms with Crippen LogP contribution in [-0.2, 0) is 18.5 Å². The van der Waals surface area contributed by atoms with Crippen molar-refractivity contribution in [3.05, 3.63) is 41.7 Å². The highest BCUT2D eigenvalue weighted by Gasteiger charge is 2.43. The second-order valence-electron chi connectivity index (χ2n) is 8.61. The Balaban J connectivity index is 1.46. The van der Waals surface area contributed by atoms with E-state index in [1.54, 1.807) is 24.3 Å². The third-order valence-electron chi connectivity index (χ3n) is 6.47. The molecule has 0 unspecified atom stereocenters. The Bertz CT molecular complexity index is 906. The van der Waals surface area contributed by atoms with Gasteiger partial charge >= 0.3 is 6.18 Å². The van der Waals surface area contributed by atoms with E-state index in [1.165, 1.54) is 0 Å². The number of piperidine rings is 1. The Morgan fingerprint density at radius 3 is 2.65 bits per heavy atom. The fourth-order valence-electron chi connectivity index (χ4n) is 4.72. The van der Waals surface area contributed by atoms with Crippen molar-refractivity contribution < 1.29 is 18.0 Å². The van der Waals surface area contributed by atoms with Gasteiger partial charge in [-0.1, -0.05) is 6.07 Å². The highest BCUT2D eigenvalue weighted by molar-refractivity contribution is 5.90. The average molecular weight is 436 g/mol. The summed E-state index contributed by atoms with van der Waals surface area (Å²) in [6.45, 7) is 2.35. The molecule has 0 saturated carbocycles. The van der Waals surface area contributed by atoms with Crippen LogP contribution in [0, 0.1) is 0 Å². The Morgan fingerprint density at radius 1 is 1.19 bits per heavy atom. The lowest BCUT2D eigenvalue weighted by atomic mass is 9.72.